The largest absolute Gasteiger partial charge is 0.497 e. The third-order valence-electron chi connectivity index (χ3n) is 4.34. The van der Waals surface area contributed by atoms with Crippen LogP contribution in [-0.2, 0) is 11.8 Å². The first-order valence-corrected chi connectivity index (χ1v) is 7.79. The molecular formula is C17H21N3O3. The van der Waals surface area contributed by atoms with Crippen molar-refractivity contribution < 1.29 is 14.3 Å². The maximum atomic E-state index is 12.4. The summed E-state index contributed by atoms with van der Waals surface area (Å²) in [6.45, 7) is 1.63. The standard InChI is InChI=1S/C17H21N3O3/c1-19-14-10-13(23-2)6-5-12(14)9-15(19)17(22)18-11-16(21)20-7-3-4-8-20/h5-6,9-10H,3-4,7-8,11H2,1-2H3,(H,18,22). The number of methoxy groups -OCH3 is 1. The topological polar surface area (TPSA) is 63.6 Å². The Bertz CT molecular complexity index is 745. The van der Waals surface area contributed by atoms with E-state index in [2.05, 4.69) is 5.32 Å². The van der Waals surface area contributed by atoms with Crippen LogP contribution in [0.1, 0.15) is 23.3 Å². The number of carbonyl (C=O) groups is 2. The molecule has 1 aromatic heterocycles. The van der Waals surface area contributed by atoms with Crippen molar-refractivity contribution in [3.63, 3.8) is 0 Å². The molecule has 0 spiro atoms. The molecule has 6 heteroatoms. The minimum atomic E-state index is -0.241. The first kappa shape index (κ1) is 15.4. The fourth-order valence-electron chi connectivity index (χ4n) is 2.98. The van der Waals surface area contributed by atoms with Crippen molar-refractivity contribution in [2.24, 2.45) is 7.05 Å². The number of aromatic nitrogens is 1. The summed E-state index contributed by atoms with van der Waals surface area (Å²) in [5.74, 6) is 0.487. The highest BCUT2D eigenvalue weighted by Crippen LogP contribution is 2.23. The first-order valence-electron chi connectivity index (χ1n) is 7.79. The molecule has 0 bridgehead atoms. The van der Waals surface area contributed by atoms with Crippen molar-refractivity contribution in [3.05, 3.63) is 30.0 Å². The molecule has 1 aliphatic rings. The molecule has 2 heterocycles. The molecule has 0 aliphatic carbocycles. The van der Waals surface area contributed by atoms with Gasteiger partial charge in [0.1, 0.15) is 11.4 Å². The Balaban J connectivity index is 1.73. The second-order valence-corrected chi connectivity index (χ2v) is 5.78. The molecule has 0 radical (unpaired) electrons. The van der Waals surface area contributed by atoms with Gasteiger partial charge in [-0.3, -0.25) is 9.59 Å². The van der Waals surface area contributed by atoms with Crippen LogP contribution in [0.15, 0.2) is 24.3 Å². The zero-order chi connectivity index (χ0) is 16.4. The minimum Gasteiger partial charge on any atom is -0.497 e. The number of carbonyl (C=O) groups excluding carboxylic acids is 2. The first-order chi connectivity index (χ1) is 11.1. The molecule has 3 rings (SSSR count). The van der Waals surface area contributed by atoms with Gasteiger partial charge in [-0.25, -0.2) is 0 Å². The van der Waals surface area contributed by atoms with Gasteiger partial charge in [0, 0.05) is 31.6 Å². The number of hydrogen-bond donors (Lipinski definition) is 1. The molecule has 2 aromatic rings. The van der Waals surface area contributed by atoms with E-state index in [1.807, 2.05) is 35.9 Å². The van der Waals surface area contributed by atoms with Crippen molar-refractivity contribution in [2.45, 2.75) is 12.8 Å². The number of ether oxygens (including phenoxy) is 1. The SMILES string of the molecule is COc1ccc2cc(C(=O)NCC(=O)N3CCCC3)n(C)c2c1. The zero-order valence-corrected chi connectivity index (χ0v) is 13.5. The molecule has 1 N–H and O–H groups in total. The molecule has 0 atom stereocenters. The average Bonchev–Trinajstić information content (AvgIpc) is 3.20. The van der Waals surface area contributed by atoms with Gasteiger partial charge in [-0.15, -0.1) is 0 Å². The Morgan fingerprint density at radius 2 is 1.96 bits per heavy atom. The lowest BCUT2D eigenvalue weighted by Crippen LogP contribution is -2.39. The van der Waals surface area contributed by atoms with Crippen LogP contribution in [0.4, 0.5) is 0 Å². The van der Waals surface area contributed by atoms with Crippen LogP contribution < -0.4 is 10.1 Å². The molecule has 1 aliphatic heterocycles. The Labute approximate surface area is 135 Å². The third kappa shape index (κ3) is 3.02. The molecule has 1 fully saturated rings. The summed E-state index contributed by atoms with van der Waals surface area (Å²) in [5.41, 5.74) is 1.45. The summed E-state index contributed by atoms with van der Waals surface area (Å²) in [4.78, 5) is 26.2. The summed E-state index contributed by atoms with van der Waals surface area (Å²) in [5, 5.41) is 3.69. The second kappa shape index (κ2) is 6.32. The molecular weight excluding hydrogens is 294 g/mol. The van der Waals surface area contributed by atoms with Crippen LogP contribution in [0.2, 0.25) is 0 Å². The van der Waals surface area contributed by atoms with Crippen molar-refractivity contribution >= 4 is 22.7 Å². The van der Waals surface area contributed by atoms with Gasteiger partial charge in [0.15, 0.2) is 0 Å². The number of hydrogen-bond acceptors (Lipinski definition) is 3. The van der Waals surface area contributed by atoms with Crippen LogP contribution in [-0.4, -0.2) is 48.0 Å². The Kier molecular flexibility index (Phi) is 4.23. The van der Waals surface area contributed by atoms with E-state index in [-0.39, 0.29) is 18.4 Å². The highest BCUT2D eigenvalue weighted by molar-refractivity contribution is 6.00. The summed E-state index contributed by atoms with van der Waals surface area (Å²) < 4.78 is 7.03. The smallest absolute Gasteiger partial charge is 0.268 e. The number of amides is 2. The fourth-order valence-corrected chi connectivity index (χ4v) is 2.98. The molecule has 2 amide bonds. The molecule has 0 saturated carbocycles. The number of nitrogens with one attached hydrogen (secondary N) is 1. The summed E-state index contributed by atoms with van der Waals surface area (Å²) in [6, 6.07) is 7.49. The minimum absolute atomic E-state index is 0.0173. The van der Waals surface area contributed by atoms with E-state index in [1.54, 1.807) is 12.0 Å². The predicted octanol–water partition coefficient (Wildman–Crippen LogP) is 1.54. The number of nitrogens with zero attached hydrogens (tertiary/aromatic N) is 2. The number of benzene rings is 1. The van der Waals surface area contributed by atoms with E-state index >= 15 is 0 Å². The summed E-state index contributed by atoms with van der Waals surface area (Å²) >= 11 is 0. The van der Waals surface area contributed by atoms with Gasteiger partial charge >= 0.3 is 0 Å². The molecule has 0 unspecified atom stereocenters. The maximum Gasteiger partial charge on any atom is 0.268 e. The van der Waals surface area contributed by atoms with Gasteiger partial charge in [-0.1, -0.05) is 0 Å². The van der Waals surface area contributed by atoms with Crippen LogP contribution in [0.5, 0.6) is 5.75 Å². The van der Waals surface area contributed by atoms with Crippen LogP contribution in [0.25, 0.3) is 10.9 Å². The normalized spacial score (nSPS) is 14.3. The number of likely N-dealkylation sites (tertiary alicyclic amines) is 1. The van der Waals surface area contributed by atoms with E-state index in [4.69, 9.17) is 4.74 Å². The van der Waals surface area contributed by atoms with Crippen molar-refractivity contribution in [3.8, 4) is 5.75 Å². The van der Waals surface area contributed by atoms with Gasteiger partial charge < -0.3 is 19.5 Å². The second-order valence-electron chi connectivity index (χ2n) is 5.78. The fraction of sp³-hybridized carbons (Fsp3) is 0.412. The Morgan fingerprint density at radius 3 is 2.65 bits per heavy atom. The number of aryl methyl sites for hydroxylation is 1. The Hall–Kier alpha value is -2.50. The van der Waals surface area contributed by atoms with Gasteiger partial charge in [0.2, 0.25) is 5.91 Å². The monoisotopic (exact) mass is 315 g/mol. The highest BCUT2D eigenvalue weighted by atomic mass is 16.5. The number of fused-ring (bicyclic) bond motifs is 1. The van der Waals surface area contributed by atoms with Crippen molar-refractivity contribution in [2.75, 3.05) is 26.7 Å². The predicted molar refractivity (Wildman–Crippen MR) is 87.6 cm³/mol. The lowest BCUT2D eigenvalue weighted by Gasteiger charge is -2.15. The van der Waals surface area contributed by atoms with E-state index in [1.165, 1.54) is 0 Å². The highest BCUT2D eigenvalue weighted by Gasteiger charge is 2.19. The summed E-state index contributed by atoms with van der Waals surface area (Å²) in [6.07, 6.45) is 2.09. The van der Waals surface area contributed by atoms with Gasteiger partial charge in [0.25, 0.3) is 5.91 Å². The third-order valence-corrected chi connectivity index (χ3v) is 4.34. The average molecular weight is 315 g/mol. The summed E-state index contributed by atoms with van der Waals surface area (Å²) in [7, 11) is 3.45. The van der Waals surface area contributed by atoms with Gasteiger partial charge in [-0.2, -0.15) is 0 Å². The van der Waals surface area contributed by atoms with Crippen LogP contribution in [0.3, 0.4) is 0 Å². The van der Waals surface area contributed by atoms with E-state index < -0.39 is 0 Å². The molecule has 1 aromatic carbocycles. The lowest BCUT2D eigenvalue weighted by atomic mass is 10.2. The quantitative estimate of drug-likeness (QED) is 0.931. The molecule has 1 saturated heterocycles. The van der Waals surface area contributed by atoms with Crippen molar-refractivity contribution in [1.82, 2.24) is 14.8 Å². The van der Waals surface area contributed by atoms with Crippen LogP contribution >= 0.6 is 0 Å². The molecule has 122 valence electrons. The maximum absolute atomic E-state index is 12.4. The lowest BCUT2D eigenvalue weighted by molar-refractivity contribution is -0.129. The van der Waals surface area contributed by atoms with Gasteiger partial charge in [0.05, 0.1) is 19.2 Å². The zero-order valence-electron chi connectivity index (χ0n) is 13.5. The number of rotatable bonds is 4. The Morgan fingerprint density at radius 1 is 1.22 bits per heavy atom. The van der Waals surface area contributed by atoms with E-state index in [0.717, 1.165) is 42.6 Å². The van der Waals surface area contributed by atoms with Crippen LogP contribution in [0, 0.1) is 0 Å². The van der Waals surface area contributed by atoms with E-state index in [0.29, 0.717) is 5.69 Å². The molecule has 23 heavy (non-hydrogen) atoms. The van der Waals surface area contributed by atoms with E-state index in [9.17, 15) is 9.59 Å². The van der Waals surface area contributed by atoms with Crippen molar-refractivity contribution in [1.29, 1.82) is 0 Å². The molecule has 6 nitrogen and oxygen atoms in total. The van der Waals surface area contributed by atoms with Gasteiger partial charge in [-0.05, 0) is 31.0 Å².